The molecule has 0 aromatic carbocycles. The Balaban J connectivity index is 2.78. The molecule has 0 aliphatic rings. The first-order chi connectivity index (χ1) is 2.91. The molecule has 0 unspecified atom stereocenters. The lowest BCUT2D eigenvalue weighted by molar-refractivity contribution is -0.0913. The molecule has 0 saturated carbocycles. The molecule has 6 heteroatoms. The summed E-state index contributed by atoms with van der Waals surface area (Å²) in [6.07, 6.45) is 0. The Hall–Kier alpha value is -0.546. The molecule has 0 aliphatic heterocycles. The summed E-state index contributed by atoms with van der Waals surface area (Å²) in [5, 5.41) is 0. The zero-order valence-corrected chi connectivity index (χ0v) is 4.71. The highest BCUT2D eigenvalue weighted by atomic mass is 28.2. The van der Waals surface area contributed by atoms with E-state index in [-0.39, 0.29) is 0 Å². The maximum absolute atomic E-state index is 7.77. The Morgan fingerprint density at radius 2 is 1.33 bits per heavy atom. The van der Waals surface area contributed by atoms with Gasteiger partial charge in [-0.25, -0.2) is 9.77 Å². The van der Waals surface area contributed by atoms with E-state index in [9.17, 15) is 0 Å². The smallest absolute Gasteiger partial charge is 0.282 e. The zero-order valence-electron chi connectivity index (χ0n) is 2.71. The molecular weight excluding hydrogens is 116 g/mol. The minimum absolute atomic E-state index is 0.711. The van der Waals surface area contributed by atoms with Crippen molar-refractivity contribution in [1.29, 1.82) is 9.77 Å². The van der Waals surface area contributed by atoms with Crippen LogP contribution in [0.15, 0.2) is 0 Å². The standard InChI is InChI=1S/N2O2Si2/c1-5-3-4-6-2. The Bertz CT molecular complexity index is 83.1. The van der Waals surface area contributed by atoms with Gasteiger partial charge < -0.3 is 0 Å². The van der Waals surface area contributed by atoms with Gasteiger partial charge in [-0.15, -0.1) is 0 Å². The second-order valence-electron chi connectivity index (χ2n) is 0.349. The van der Waals surface area contributed by atoms with Crippen LogP contribution in [-0.4, -0.2) is 18.8 Å². The Kier molecular flexibility index (Phi) is 4.05. The molecule has 0 aromatic heterocycles. The maximum atomic E-state index is 7.77. The van der Waals surface area contributed by atoms with E-state index >= 15 is 0 Å². The van der Waals surface area contributed by atoms with E-state index in [1.165, 1.54) is 0 Å². The Labute approximate surface area is 38.7 Å². The minimum Gasteiger partial charge on any atom is -0.282 e. The first-order valence-corrected chi connectivity index (χ1v) is 2.73. The van der Waals surface area contributed by atoms with E-state index in [0.29, 0.717) is 0 Å². The van der Waals surface area contributed by atoms with Crippen LogP contribution in [0.5, 0.6) is 0 Å². The van der Waals surface area contributed by atoms with Gasteiger partial charge in [0.1, 0.15) is 0 Å². The van der Waals surface area contributed by atoms with Gasteiger partial charge in [0.15, 0.2) is 0 Å². The summed E-state index contributed by atoms with van der Waals surface area (Å²) in [6, 6.07) is 0. The van der Waals surface area contributed by atoms with Crippen molar-refractivity contribution in [3.63, 3.8) is 0 Å². The van der Waals surface area contributed by atoms with E-state index in [0.717, 1.165) is 0 Å². The molecule has 0 atom stereocenters. The van der Waals surface area contributed by atoms with Crippen LogP contribution in [0.25, 0.3) is 0 Å². The van der Waals surface area contributed by atoms with Crippen molar-refractivity contribution in [2.75, 3.05) is 0 Å². The second kappa shape index (κ2) is 4.45. The van der Waals surface area contributed by atoms with E-state index < -0.39 is 18.8 Å². The monoisotopic (exact) mass is 116 g/mol. The predicted molar refractivity (Wildman–Crippen MR) is 17.1 cm³/mol. The highest BCUT2D eigenvalue weighted by molar-refractivity contribution is 6.08. The fourth-order valence-corrected chi connectivity index (χ4v) is 0.335. The summed E-state index contributed by atoms with van der Waals surface area (Å²) < 4.78 is 7.66. The van der Waals surface area contributed by atoms with Crippen molar-refractivity contribution in [2.24, 2.45) is 0 Å². The van der Waals surface area contributed by atoms with Crippen LogP contribution in [0, 0.1) is 9.77 Å². The third-order valence-electron chi connectivity index (χ3n) is 0.116. The van der Waals surface area contributed by atoms with E-state index in [1.807, 2.05) is 0 Å². The number of hydrogen-bond acceptors (Lipinski definition) is 4. The van der Waals surface area contributed by atoms with Gasteiger partial charge in [-0.05, 0) is 0 Å². The number of hydrogen-bond donors (Lipinski definition) is 0. The molecule has 0 spiro atoms. The lowest BCUT2D eigenvalue weighted by Gasteiger charge is -1.77. The van der Waals surface area contributed by atoms with Gasteiger partial charge in [0.2, 0.25) is 0 Å². The molecule has 0 aliphatic carbocycles. The molecule has 0 fully saturated rings. The van der Waals surface area contributed by atoms with Crippen LogP contribution in [0.2, 0.25) is 0 Å². The van der Waals surface area contributed by atoms with E-state index in [4.69, 9.17) is 9.77 Å². The molecule has 0 saturated heterocycles. The van der Waals surface area contributed by atoms with Crippen LogP contribution in [0.4, 0.5) is 0 Å². The molecule has 0 rings (SSSR count). The fourth-order valence-electron chi connectivity index (χ4n) is 0.0373. The minimum atomic E-state index is -0.711. The molecule has 0 aromatic rings. The van der Waals surface area contributed by atoms with Gasteiger partial charge in [0.25, 0.3) is 0 Å². The van der Waals surface area contributed by atoms with Crippen LogP contribution in [0.3, 0.4) is 0 Å². The molecule has 6 heavy (non-hydrogen) atoms. The summed E-state index contributed by atoms with van der Waals surface area (Å²) in [5.41, 5.74) is 0. The summed E-state index contributed by atoms with van der Waals surface area (Å²) in [6.45, 7) is 0. The van der Waals surface area contributed by atoms with Crippen molar-refractivity contribution in [2.45, 2.75) is 0 Å². The van der Waals surface area contributed by atoms with Crippen molar-refractivity contribution >= 4 is 18.8 Å². The molecule has 0 amide bonds. The SMILES string of the molecule is N#[Si]OO[Si]#N. The third kappa shape index (κ3) is 3.45. The lowest BCUT2D eigenvalue weighted by atomic mass is 14.0. The first kappa shape index (κ1) is 5.45. The molecule has 0 bridgehead atoms. The van der Waals surface area contributed by atoms with Gasteiger partial charge in [0, 0.05) is 0 Å². The van der Waals surface area contributed by atoms with Gasteiger partial charge in [-0.2, -0.15) is 0 Å². The Morgan fingerprint density at radius 1 is 1.00 bits per heavy atom. The normalized spacial score (nSPS) is 4.33. The van der Waals surface area contributed by atoms with Crippen molar-refractivity contribution in [1.82, 2.24) is 0 Å². The Morgan fingerprint density at radius 3 is 1.50 bits per heavy atom. The zero-order chi connectivity index (χ0) is 4.83. The van der Waals surface area contributed by atoms with Crippen LogP contribution < -0.4 is 0 Å². The molecule has 0 N–H and O–H groups in total. The first-order valence-electron chi connectivity index (χ1n) is 1.02. The van der Waals surface area contributed by atoms with Crippen molar-refractivity contribution in [3.8, 4) is 0 Å². The summed E-state index contributed by atoms with van der Waals surface area (Å²) in [7, 11) is -1.42. The highest BCUT2D eigenvalue weighted by Crippen LogP contribution is 1.53. The quantitative estimate of drug-likeness (QED) is 0.193. The van der Waals surface area contributed by atoms with Gasteiger partial charge in [0.05, 0.1) is 0 Å². The number of rotatable bonds is 1. The van der Waals surface area contributed by atoms with Gasteiger partial charge >= 0.3 is 18.8 Å². The molecule has 30 valence electrons. The molecule has 4 nitrogen and oxygen atoms in total. The molecular formula is N2O2Si2. The topological polar surface area (TPSA) is 66.0 Å². The predicted octanol–water partition coefficient (Wildman–Crippen LogP) is -0.868. The van der Waals surface area contributed by atoms with E-state index in [1.54, 1.807) is 0 Å². The maximum Gasteiger partial charge on any atom is 0.511 e. The second-order valence-corrected chi connectivity index (χ2v) is 1.05. The van der Waals surface area contributed by atoms with Crippen LogP contribution in [0.1, 0.15) is 0 Å². The van der Waals surface area contributed by atoms with E-state index in [2.05, 4.69) is 9.15 Å². The summed E-state index contributed by atoms with van der Waals surface area (Å²) in [5.74, 6) is 0. The summed E-state index contributed by atoms with van der Waals surface area (Å²) in [4.78, 5) is 15.5. The number of nitrogens with zero attached hydrogens (tertiary/aromatic N) is 2. The third-order valence-corrected chi connectivity index (χ3v) is 0.599. The van der Waals surface area contributed by atoms with Gasteiger partial charge in [-0.3, -0.25) is 9.15 Å². The van der Waals surface area contributed by atoms with Crippen LogP contribution in [-0.2, 0) is 9.15 Å². The van der Waals surface area contributed by atoms with Crippen LogP contribution >= 0.6 is 0 Å². The average molecular weight is 116 g/mol. The molecule has 0 heterocycles. The summed E-state index contributed by atoms with van der Waals surface area (Å²) >= 11 is 0. The van der Waals surface area contributed by atoms with Crippen molar-refractivity contribution in [3.05, 3.63) is 0 Å². The fraction of sp³-hybridized carbons (Fsp3) is 0. The average Bonchev–Trinajstić information content (AvgIpc) is 1.61. The highest BCUT2D eigenvalue weighted by Gasteiger charge is 1.70. The van der Waals surface area contributed by atoms with Gasteiger partial charge in [-0.1, -0.05) is 0 Å². The molecule has 0 radical (unpaired) electrons. The lowest BCUT2D eigenvalue weighted by Crippen LogP contribution is -1.85. The largest absolute Gasteiger partial charge is 0.511 e. The van der Waals surface area contributed by atoms with Crippen molar-refractivity contribution < 1.29 is 9.15 Å².